The Bertz CT molecular complexity index is 925. The van der Waals surface area contributed by atoms with Gasteiger partial charge in [-0.25, -0.2) is 0 Å². The van der Waals surface area contributed by atoms with Gasteiger partial charge < -0.3 is 14.8 Å². The Hall–Kier alpha value is -2.93. The predicted octanol–water partition coefficient (Wildman–Crippen LogP) is 3.70. The molecule has 7 heteroatoms. The molecular formula is C21H23N3O3S. The van der Waals surface area contributed by atoms with Crippen molar-refractivity contribution in [3.63, 3.8) is 0 Å². The summed E-state index contributed by atoms with van der Waals surface area (Å²) < 4.78 is 11.2. The van der Waals surface area contributed by atoms with Gasteiger partial charge in [-0.05, 0) is 61.0 Å². The molecule has 2 aromatic heterocycles. The first-order valence-electron chi connectivity index (χ1n) is 9.00. The van der Waals surface area contributed by atoms with E-state index in [0.717, 1.165) is 33.0 Å². The maximum atomic E-state index is 12.0. The summed E-state index contributed by atoms with van der Waals surface area (Å²) in [5.41, 5.74) is 4.12. The van der Waals surface area contributed by atoms with E-state index in [1.807, 2.05) is 50.4 Å². The number of carbonyl (C=O) groups is 1. The summed E-state index contributed by atoms with van der Waals surface area (Å²) in [4.78, 5) is 13.0. The lowest BCUT2D eigenvalue weighted by Crippen LogP contribution is -2.32. The van der Waals surface area contributed by atoms with Gasteiger partial charge >= 0.3 is 0 Å². The Kier molecular flexibility index (Phi) is 6.60. The molecule has 0 radical (unpaired) electrons. The first-order chi connectivity index (χ1) is 13.5. The highest BCUT2D eigenvalue weighted by molar-refractivity contribution is 7.13. The molecule has 1 aromatic carbocycles. The van der Waals surface area contributed by atoms with E-state index >= 15 is 0 Å². The van der Waals surface area contributed by atoms with Crippen LogP contribution in [0.15, 0.2) is 41.8 Å². The summed E-state index contributed by atoms with van der Waals surface area (Å²) in [5, 5.41) is 13.0. The number of hydrogen-bond acceptors (Lipinski definition) is 6. The van der Waals surface area contributed by atoms with Crippen LogP contribution in [0.2, 0.25) is 0 Å². The van der Waals surface area contributed by atoms with Gasteiger partial charge in [-0.3, -0.25) is 4.79 Å². The Morgan fingerprint density at radius 2 is 1.96 bits per heavy atom. The minimum absolute atomic E-state index is 0.0287. The molecule has 0 aliphatic carbocycles. The van der Waals surface area contributed by atoms with Crippen LogP contribution in [0.25, 0.3) is 10.6 Å². The summed E-state index contributed by atoms with van der Waals surface area (Å²) in [5.74, 6) is 0.975. The van der Waals surface area contributed by atoms with Crippen molar-refractivity contribution in [2.45, 2.75) is 20.8 Å². The van der Waals surface area contributed by atoms with Gasteiger partial charge in [0.05, 0.1) is 11.4 Å². The van der Waals surface area contributed by atoms with Crippen LogP contribution in [0.5, 0.6) is 11.6 Å². The number of hydrogen-bond donors (Lipinski definition) is 1. The van der Waals surface area contributed by atoms with E-state index in [2.05, 4.69) is 21.6 Å². The smallest absolute Gasteiger partial charge is 0.258 e. The molecule has 28 heavy (non-hydrogen) atoms. The SMILES string of the molecule is Cc1cc(C)c(C)c(OCC(=O)NCCOc2ccc(-c3cccs3)nn2)c1. The largest absolute Gasteiger partial charge is 0.483 e. The highest BCUT2D eigenvalue weighted by Gasteiger charge is 2.08. The van der Waals surface area contributed by atoms with E-state index in [4.69, 9.17) is 9.47 Å². The van der Waals surface area contributed by atoms with Crippen molar-refractivity contribution in [2.24, 2.45) is 0 Å². The van der Waals surface area contributed by atoms with Gasteiger partial charge in [0.15, 0.2) is 6.61 Å². The standard InChI is InChI=1S/C21H23N3O3S/c1-14-11-15(2)16(3)18(12-14)27-13-20(25)22-8-9-26-21-7-6-17(23-24-21)19-5-4-10-28-19/h4-7,10-12H,8-9,13H2,1-3H3,(H,22,25). The summed E-state index contributed by atoms with van der Waals surface area (Å²) >= 11 is 1.61. The predicted molar refractivity (Wildman–Crippen MR) is 110 cm³/mol. The highest BCUT2D eigenvalue weighted by Crippen LogP contribution is 2.23. The third kappa shape index (κ3) is 5.29. The van der Waals surface area contributed by atoms with E-state index in [9.17, 15) is 4.79 Å². The zero-order chi connectivity index (χ0) is 19.9. The lowest BCUT2D eigenvalue weighted by molar-refractivity contribution is -0.123. The van der Waals surface area contributed by atoms with Crippen molar-refractivity contribution in [3.05, 3.63) is 58.5 Å². The van der Waals surface area contributed by atoms with Crippen LogP contribution < -0.4 is 14.8 Å². The molecule has 146 valence electrons. The van der Waals surface area contributed by atoms with Crippen molar-refractivity contribution in [1.29, 1.82) is 0 Å². The van der Waals surface area contributed by atoms with Crippen LogP contribution in [0.4, 0.5) is 0 Å². The Morgan fingerprint density at radius 1 is 1.11 bits per heavy atom. The number of benzene rings is 1. The third-order valence-electron chi connectivity index (χ3n) is 4.21. The summed E-state index contributed by atoms with van der Waals surface area (Å²) in [7, 11) is 0. The average Bonchev–Trinajstić information content (AvgIpc) is 3.22. The molecule has 0 unspecified atom stereocenters. The lowest BCUT2D eigenvalue weighted by Gasteiger charge is -2.12. The molecule has 1 N–H and O–H groups in total. The molecule has 0 saturated heterocycles. The van der Waals surface area contributed by atoms with Crippen LogP contribution in [-0.2, 0) is 4.79 Å². The number of carbonyl (C=O) groups excluding carboxylic acids is 1. The second-order valence-corrected chi connectivity index (χ2v) is 7.37. The Balaban J connectivity index is 1.39. The summed E-state index contributed by atoms with van der Waals surface area (Å²) in [6, 6.07) is 11.6. The van der Waals surface area contributed by atoms with Crippen molar-refractivity contribution >= 4 is 17.2 Å². The number of aromatic nitrogens is 2. The molecule has 0 fully saturated rings. The molecule has 0 atom stereocenters. The Labute approximate surface area is 168 Å². The van der Waals surface area contributed by atoms with Crippen LogP contribution in [-0.4, -0.2) is 35.9 Å². The summed E-state index contributed by atoms with van der Waals surface area (Å²) in [6.07, 6.45) is 0. The van der Waals surface area contributed by atoms with E-state index in [1.165, 1.54) is 0 Å². The highest BCUT2D eigenvalue weighted by atomic mass is 32.1. The zero-order valence-corrected chi connectivity index (χ0v) is 17.0. The first-order valence-corrected chi connectivity index (χ1v) is 9.88. The van der Waals surface area contributed by atoms with E-state index in [0.29, 0.717) is 19.0 Å². The van der Waals surface area contributed by atoms with Crippen LogP contribution in [0.1, 0.15) is 16.7 Å². The number of rotatable bonds is 8. The van der Waals surface area contributed by atoms with Crippen LogP contribution in [0, 0.1) is 20.8 Å². The number of amides is 1. The van der Waals surface area contributed by atoms with Gasteiger partial charge in [-0.15, -0.1) is 21.5 Å². The minimum atomic E-state index is -0.193. The molecule has 3 aromatic rings. The van der Waals surface area contributed by atoms with Crippen molar-refractivity contribution < 1.29 is 14.3 Å². The van der Waals surface area contributed by atoms with E-state index in [-0.39, 0.29) is 12.5 Å². The van der Waals surface area contributed by atoms with Crippen LogP contribution >= 0.6 is 11.3 Å². The maximum Gasteiger partial charge on any atom is 0.258 e. The molecule has 0 bridgehead atoms. The average molecular weight is 398 g/mol. The molecule has 1 amide bonds. The lowest BCUT2D eigenvalue weighted by atomic mass is 10.1. The normalized spacial score (nSPS) is 10.5. The molecule has 0 saturated carbocycles. The molecule has 0 aliphatic heterocycles. The van der Waals surface area contributed by atoms with Gasteiger partial charge in [0.1, 0.15) is 18.1 Å². The van der Waals surface area contributed by atoms with Crippen molar-refractivity contribution in [3.8, 4) is 22.2 Å². The minimum Gasteiger partial charge on any atom is -0.483 e. The number of ether oxygens (including phenoxy) is 2. The van der Waals surface area contributed by atoms with Crippen molar-refractivity contribution in [2.75, 3.05) is 19.8 Å². The van der Waals surface area contributed by atoms with Crippen molar-refractivity contribution in [1.82, 2.24) is 15.5 Å². The van der Waals surface area contributed by atoms with Gasteiger partial charge in [0.25, 0.3) is 5.91 Å². The second kappa shape index (κ2) is 9.32. The molecule has 0 spiro atoms. The number of nitrogens with zero attached hydrogens (tertiary/aromatic N) is 2. The first kappa shape index (κ1) is 19.8. The summed E-state index contributed by atoms with van der Waals surface area (Å²) in [6.45, 7) is 6.67. The number of aryl methyl sites for hydroxylation is 2. The number of thiophene rings is 1. The Morgan fingerprint density at radius 3 is 2.68 bits per heavy atom. The zero-order valence-electron chi connectivity index (χ0n) is 16.2. The quantitative estimate of drug-likeness (QED) is 0.587. The maximum absolute atomic E-state index is 12.0. The van der Waals surface area contributed by atoms with Gasteiger partial charge in [-0.2, -0.15) is 0 Å². The fourth-order valence-electron chi connectivity index (χ4n) is 2.64. The molecular weight excluding hydrogens is 374 g/mol. The third-order valence-corrected chi connectivity index (χ3v) is 5.10. The molecule has 0 aliphatic rings. The topological polar surface area (TPSA) is 73.3 Å². The van der Waals surface area contributed by atoms with Gasteiger partial charge in [0.2, 0.25) is 5.88 Å². The fourth-order valence-corrected chi connectivity index (χ4v) is 3.33. The number of nitrogens with one attached hydrogen (secondary N) is 1. The van der Waals surface area contributed by atoms with E-state index in [1.54, 1.807) is 17.4 Å². The monoisotopic (exact) mass is 397 g/mol. The molecule has 3 rings (SSSR count). The van der Waals surface area contributed by atoms with E-state index < -0.39 is 0 Å². The molecule has 2 heterocycles. The second-order valence-electron chi connectivity index (χ2n) is 6.43. The molecule has 6 nitrogen and oxygen atoms in total. The van der Waals surface area contributed by atoms with Crippen LogP contribution in [0.3, 0.4) is 0 Å². The van der Waals surface area contributed by atoms with Gasteiger partial charge in [0, 0.05) is 6.07 Å². The van der Waals surface area contributed by atoms with Gasteiger partial charge in [-0.1, -0.05) is 12.1 Å². The fraction of sp³-hybridized carbons (Fsp3) is 0.286.